The van der Waals surface area contributed by atoms with Crippen molar-refractivity contribution in [2.24, 2.45) is 0 Å². The van der Waals surface area contributed by atoms with Crippen LogP contribution in [0.5, 0.6) is 0 Å². The van der Waals surface area contributed by atoms with Gasteiger partial charge in [-0.3, -0.25) is 4.79 Å². The number of aromatic nitrogens is 3. The van der Waals surface area contributed by atoms with Crippen molar-refractivity contribution in [3.63, 3.8) is 0 Å². The molecule has 2 N–H and O–H groups in total. The maximum absolute atomic E-state index is 11.4. The number of hydrogen-bond donors (Lipinski definition) is 1. The second kappa shape index (κ2) is 5.50. The van der Waals surface area contributed by atoms with Gasteiger partial charge in [0.15, 0.2) is 5.16 Å². The van der Waals surface area contributed by atoms with Crippen LogP contribution in [0, 0.1) is 0 Å². The standard InChI is InChI=1S/C9H13ClN4O2S/c1-9(2,3)16-5(15)4-17-8-13-6(10)12-7(11)14-8/h4H2,1-3H3,(H2,11,12,13,14). The van der Waals surface area contributed by atoms with Gasteiger partial charge in [-0.05, 0) is 32.4 Å². The molecule has 0 fully saturated rings. The van der Waals surface area contributed by atoms with E-state index in [1.165, 1.54) is 0 Å². The van der Waals surface area contributed by atoms with Crippen LogP contribution < -0.4 is 5.73 Å². The molecule has 1 rings (SSSR count). The summed E-state index contributed by atoms with van der Waals surface area (Å²) in [5.41, 5.74) is 4.88. The van der Waals surface area contributed by atoms with Gasteiger partial charge in [-0.2, -0.15) is 15.0 Å². The van der Waals surface area contributed by atoms with Gasteiger partial charge in [-0.15, -0.1) is 0 Å². The normalized spacial score (nSPS) is 11.3. The molecule has 0 saturated heterocycles. The summed E-state index contributed by atoms with van der Waals surface area (Å²) in [5, 5.41) is 0.303. The highest BCUT2D eigenvalue weighted by molar-refractivity contribution is 7.99. The van der Waals surface area contributed by atoms with E-state index < -0.39 is 5.60 Å². The molecule has 1 heterocycles. The number of carbonyl (C=O) groups is 1. The molecule has 1 aromatic rings. The van der Waals surface area contributed by atoms with Crippen LogP contribution in [0.3, 0.4) is 0 Å². The molecule has 6 nitrogen and oxygen atoms in total. The van der Waals surface area contributed by atoms with Crippen molar-refractivity contribution in [2.45, 2.75) is 31.5 Å². The van der Waals surface area contributed by atoms with Crippen LogP contribution in [-0.4, -0.2) is 32.3 Å². The van der Waals surface area contributed by atoms with Gasteiger partial charge in [0, 0.05) is 0 Å². The van der Waals surface area contributed by atoms with Gasteiger partial charge in [0.2, 0.25) is 11.2 Å². The number of hydrogen-bond acceptors (Lipinski definition) is 7. The molecular formula is C9H13ClN4O2S. The summed E-state index contributed by atoms with van der Waals surface area (Å²) in [6, 6.07) is 0. The molecule has 0 aliphatic heterocycles. The second-order valence-corrected chi connectivity index (χ2v) is 5.40. The third kappa shape index (κ3) is 5.69. The fraction of sp³-hybridized carbons (Fsp3) is 0.556. The fourth-order valence-corrected chi connectivity index (χ4v) is 1.74. The Balaban J connectivity index is 2.53. The zero-order valence-corrected chi connectivity index (χ0v) is 11.3. The average Bonchev–Trinajstić information content (AvgIpc) is 2.10. The molecule has 1 aromatic heterocycles. The lowest BCUT2D eigenvalue weighted by Gasteiger charge is -2.19. The van der Waals surface area contributed by atoms with Gasteiger partial charge in [-0.1, -0.05) is 11.8 Å². The molecule has 0 aromatic carbocycles. The summed E-state index contributed by atoms with van der Waals surface area (Å²) in [6.45, 7) is 5.40. The molecule has 8 heteroatoms. The summed E-state index contributed by atoms with van der Waals surface area (Å²) in [5.74, 6) is -0.230. The largest absolute Gasteiger partial charge is 0.459 e. The van der Waals surface area contributed by atoms with Crippen LogP contribution in [0.15, 0.2) is 5.16 Å². The molecule has 17 heavy (non-hydrogen) atoms. The number of thioether (sulfide) groups is 1. The van der Waals surface area contributed by atoms with Crippen LogP contribution in [0.2, 0.25) is 5.28 Å². The molecule has 94 valence electrons. The molecule has 0 aliphatic rings. The van der Waals surface area contributed by atoms with Crippen molar-refractivity contribution in [1.29, 1.82) is 0 Å². The predicted molar refractivity (Wildman–Crippen MR) is 65.8 cm³/mol. The molecule has 0 bridgehead atoms. The van der Waals surface area contributed by atoms with Crippen molar-refractivity contribution in [1.82, 2.24) is 15.0 Å². The lowest BCUT2D eigenvalue weighted by Crippen LogP contribution is -2.25. The Morgan fingerprint density at radius 2 is 2.06 bits per heavy atom. The smallest absolute Gasteiger partial charge is 0.316 e. The molecule has 0 saturated carbocycles. The third-order valence-electron chi connectivity index (χ3n) is 1.34. The molecule has 0 unspecified atom stereocenters. The summed E-state index contributed by atoms with van der Waals surface area (Å²) in [7, 11) is 0. The number of nitrogens with zero attached hydrogens (tertiary/aromatic N) is 3. The molecule has 0 radical (unpaired) electrons. The first-order valence-corrected chi connectivity index (χ1v) is 6.14. The maximum Gasteiger partial charge on any atom is 0.316 e. The van der Waals surface area contributed by atoms with E-state index in [0.717, 1.165) is 11.8 Å². The molecular weight excluding hydrogens is 264 g/mol. The van der Waals surface area contributed by atoms with Crippen LogP contribution in [-0.2, 0) is 9.53 Å². The minimum absolute atomic E-state index is 0.00388. The summed E-state index contributed by atoms with van der Waals surface area (Å²) in [6.07, 6.45) is 0. The third-order valence-corrected chi connectivity index (χ3v) is 2.33. The summed E-state index contributed by atoms with van der Waals surface area (Å²) >= 11 is 6.70. The topological polar surface area (TPSA) is 91.0 Å². The number of halogens is 1. The van der Waals surface area contributed by atoms with Crippen LogP contribution in [0.25, 0.3) is 0 Å². The van der Waals surface area contributed by atoms with Gasteiger partial charge in [-0.25, -0.2) is 0 Å². The Labute approximate surface area is 108 Å². The number of carbonyl (C=O) groups excluding carboxylic acids is 1. The number of nitrogens with two attached hydrogens (primary N) is 1. The van der Waals surface area contributed by atoms with Crippen LogP contribution in [0.1, 0.15) is 20.8 Å². The Hall–Kier alpha value is -1.08. The lowest BCUT2D eigenvalue weighted by atomic mass is 10.2. The minimum atomic E-state index is -0.507. The predicted octanol–water partition coefficient (Wildman–Crippen LogP) is 1.54. The Morgan fingerprint density at radius 1 is 1.41 bits per heavy atom. The van der Waals surface area contributed by atoms with Gasteiger partial charge in [0.05, 0.1) is 5.75 Å². The van der Waals surface area contributed by atoms with Crippen molar-refractivity contribution < 1.29 is 9.53 Å². The van der Waals surface area contributed by atoms with Crippen molar-refractivity contribution >= 4 is 35.3 Å². The Bertz CT molecular complexity index is 402. The van der Waals surface area contributed by atoms with Crippen LogP contribution >= 0.6 is 23.4 Å². The van der Waals surface area contributed by atoms with Gasteiger partial charge >= 0.3 is 5.97 Å². The van der Waals surface area contributed by atoms with E-state index in [1.807, 2.05) is 0 Å². The molecule has 0 atom stereocenters. The number of ether oxygens (including phenoxy) is 1. The van der Waals surface area contributed by atoms with E-state index in [-0.39, 0.29) is 23.0 Å². The number of esters is 1. The van der Waals surface area contributed by atoms with Gasteiger partial charge < -0.3 is 10.5 Å². The molecule has 0 amide bonds. The van der Waals surface area contributed by atoms with E-state index >= 15 is 0 Å². The zero-order chi connectivity index (χ0) is 13.1. The summed E-state index contributed by atoms with van der Waals surface area (Å²) in [4.78, 5) is 22.7. The fourth-order valence-electron chi connectivity index (χ4n) is 0.905. The SMILES string of the molecule is CC(C)(C)OC(=O)CSc1nc(N)nc(Cl)n1. The highest BCUT2D eigenvalue weighted by Crippen LogP contribution is 2.17. The minimum Gasteiger partial charge on any atom is -0.459 e. The molecule has 0 aliphatic carbocycles. The van der Waals surface area contributed by atoms with Crippen molar-refractivity contribution in [2.75, 3.05) is 11.5 Å². The quantitative estimate of drug-likeness (QED) is 0.661. The van der Waals surface area contributed by atoms with E-state index in [0.29, 0.717) is 5.16 Å². The Morgan fingerprint density at radius 3 is 2.59 bits per heavy atom. The van der Waals surface area contributed by atoms with E-state index in [2.05, 4.69) is 15.0 Å². The monoisotopic (exact) mass is 276 g/mol. The van der Waals surface area contributed by atoms with Crippen molar-refractivity contribution in [3.05, 3.63) is 5.28 Å². The summed E-state index contributed by atoms with van der Waals surface area (Å²) < 4.78 is 5.12. The lowest BCUT2D eigenvalue weighted by molar-refractivity contribution is -0.151. The molecule has 0 spiro atoms. The highest BCUT2D eigenvalue weighted by Gasteiger charge is 2.17. The maximum atomic E-state index is 11.4. The van der Waals surface area contributed by atoms with E-state index in [1.54, 1.807) is 20.8 Å². The Kier molecular flexibility index (Phi) is 4.53. The number of nitrogen functional groups attached to an aromatic ring is 1. The number of anilines is 1. The second-order valence-electron chi connectivity index (χ2n) is 4.12. The zero-order valence-electron chi connectivity index (χ0n) is 9.73. The van der Waals surface area contributed by atoms with Crippen molar-refractivity contribution in [3.8, 4) is 0 Å². The van der Waals surface area contributed by atoms with Gasteiger partial charge in [0.1, 0.15) is 5.60 Å². The van der Waals surface area contributed by atoms with Gasteiger partial charge in [0.25, 0.3) is 0 Å². The highest BCUT2D eigenvalue weighted by atomic mass is 35.5. The first kappa shape index (κ1) is 14.0. The average molecular weight is 277 g/mol. The number of rotatable bonds is 3. The first-order chi connectivity index (χ1) is 7.76. The van der Waals surface area contributed by atoms with E-state index in [9.17, 15) is 4.79 Å². The van der Waals surface area contributed by atoms with Crippen LogP contribution in [0.4, 0.5) is 5.95 Å². The van der Waals surface area contributed by atoms with E-state index in [4.69, 9.17) is 22.1 Å². The first-order valence-electron chi connectivity index (χ1n) is 4.78.